The van der Waals surface area contributed by atoms with E-state index in [0.29, 0.717) is 17.2 Å². The molecule has 0 bridgehead atoms. The molecule has 2 aromatic heterocycles. The summed E-state index contributed by atoms with van der Waals surface area (Å²) in [7, 11) is -3.78. The topological polar surface area (TPSA) is 97.1 Å². The minimum atomic E-state index is -3.78. The standard InChI is InChI=1S/C18H20N4O3S/c1-11-6-5-7-16(12(11)2)20-17-9-8-15(10-19-17)22-26(23,24)18-13(3)21-25-14(18)4/h5-10,22H,1-4H3,(H,19,20). The maximum atomic E-state index is 12.5. The molecule has 3 aromatic rings. The van der Waals surface area contributed by atoms with Crippen LogP contribution in [0.2, 0.25) is 0 Å². The van der Waals surface area contributed by atoms with Crippen molar-refractivity contribution in [2.24, 2.45) is 0 Å². The smallest absolute Gasteiger partial charge is 0.267 e. The van der Waals surface area contributed by atoms with Gasteiger partial charge in [0.2, 0.25) is 0 Å². The molecule has 0 amide bonds. The van der Waals surface area contributed by atoms with Gasteiger partial charge >= 0.3 is 0 Å². The van der Waals surface area contributed by atoms with Crippen molar-refractivity contribution >= 4 is 27.2 Å². The van der Waals surface area contributed by atoms with Crippen LogP contribution in [0.4, 0.5) is 17.2 Å². The van der Waals surface area contributed by atoms with E-state index in [4.69, 9.17) is 4.52 Å². The van der Waals surface area contributed by atoms with E-state index in [1.54, 1.807) is 26.0 Å². The first-order chi connectivity index (χ1) is 12.3. The van der Waals surface area contributed by atoms with E-state index in [2.05, 4.69) is 20.2 Å². The number of aromatic nitrogens is 2. The molecule has 0 aliphatic carbocycles. The van der Waals surface area contributed by atoms with Gasteiger partial charge in [0, 0.05) is 5.69 Å². The highest BCUT2D eigenvalue weighted by atomic mass is 32.2. The Morgan fingerprint density at radius 2 is 1.81 bits per heavy atom. The van der Waals surface area contributed by atoms with Crippen molar-refractivity contribution in [3.63, 3.8) is 0 Å². The van der Waals surface area contributed by atoms with E-state index in [1.165, 1.54) is 11.8 Å². The molecule has 2 N–H and O–H groups in total. The SMILES string of the molecule is Cc1cccc(Nc2ccc(NS(=O)(=O)c3c(C)noc3C)cn2)c1C. The van der Waals surface area contributed by atoms with Crippen molar-refractivity contribution in [1.29, 1.82) is 0 Å². The van der Waals surface area contributed by atoms with Gasteiger partial charge in [-0.2, -0.15) is 0 Å². The molecule has 0 radical (unpaired) electrons. The van der Waals surface area contributed by atoms with Crippen LogP contribution >= 0.6 is 0 Å². The quantitative estimate of drug-likeness (QED) is 0.706. The summed E-state index contributed by atoms with van der Waals surface area (Å²) in [5, 5.41) is 6.92. The molecule has 0 unspecified atom stereocenters. The minimum absolute atomic E-state index is 0.0510. The molecule has 2 heterocycles. The first-order valence-electron chi connectivity index (χ1n) is 8.03. The Morgan fingerprint density at radius 1 is 1.04 bits per heavy atom. The van der Waals surface area contributed by atoms with Gasteiger partial charge in [-0.3, -0.25) is 4.72 Å². The third kappa shape index (κ3) is 3.55. The average molecular weight is 372 g/mol. The summed E-state index contributed by atoms with van der Waals surface area (Å²) in [6.07, 6.45) is 1.46. The molecule has 0 saturated carbocycles. The lowest BCUT2D eigenvalue weighted by molar-refractivity contribution is 0.390. The maximum Gasteiger partial charge on any atom is 0.267 e. The highest BCUT2D eigenvalue weighted by Gasteiger charge is 2.24. The molecular weight excluding hydrogens is 352 g/mol. The highest BCUT2D eigenvalue weighted by Crippen LogP contribution is 2.24. The molecule has 1 aromatic carbocycles. The predicted molar refractivity (Wildman–Crippen MR) is 100 cm³/mol. The Hall–Kier alpha value is -2.87. The van der Waals surface area contributed by atoms with Gasteiger partial charge in [-0.05, 0) is 57.0 Å². The van der Waals surface area contributed by atoms with Crippen LogP contribution in [-0.4, -0.2) is 18.6 Å². The van der Waals surface area contributed by atoms with Crippen LogP contribution in [0.25, 0.3) is 0 Å². The summed E-state index contributed by atoms with van der Waals surface area (Å²) in [5.74, 6) is 0.871. The molecule has 7 nitrogen and oxygen atoms in total. The molecule has 3 rings (SSSR count). The van der Waals surface area contributed by atoms with Crippen LogP contribution in [0.5, 0.6) is 0 Å². The van der Waals surface area contributed by atoms with Crippen molar-refractivity contribution < 1.29 is 12.9 Å². The van der Waals surface area contributed by atoms with Gasteiger partial charge in [0.05, 0.1) is 11.9 Å². The predicted octanol–water partition coefficient (Wildman–Crippen LogP) is 3.85. The van der Waals surface area contributed by atoms with E-state index in [9.17, 15) is 8.42 Å². The van der Waals surface area contributed by atoms with E-state index >= 15 is 0 Å². The number of sulfonamides is 1. The van der Waals surface area contributed by atoms with Crippen LogP contribution in [0, 0.1) is 27.7 Å². The summed E-state index contributed by atoms with van der Waals surface area (Å²) in [6.45, 7) is 7.22. The second-order valence-corrected chi connectivity index (χ2v) is 7.68. The fraction of sp³-hybridized carbons (Fsp3) is 0.222. The summed E-state index contributed by atoms with van der Waals surface area (Å²) < 4.78 is 32.4. The van der Waals surface area contributed by atoms with Crippen LogP contribution < -0.4 is 10.0 Å². The molecule has 0 atom stereocenters. The summed E-state index contributed by atoms with van der Waals surface area (Å²) >= 11 is 0. The van der Waals surface area contributed by atoms with Crippen molar-refractivity contribution in [3.8, 4) is 0 Å². The van der Waals surface area contributed by atoms with Crippen LogP contribution in [0.15, 0.2) is 45.9 Å². The van der Waals surface area contributed by atoms with E-state index < -0.39 is 10.0 Å². The summed E-state index contributed by atoms with van der Waals surface area (Å²) in [5.41, 5.74) is 3.95. The van der Waals surface area contributed by atoms with Crippen LogP contribution in [-0.2, 0) is 10.0 Å². The van der Waals surface area contributed by atoms with Gasteiger partial charge in [-0.1, -0.05) is 17.3 Å². The molecule has 0 aliphatic rings. The molecule has 136 valence electrons. The van der Waals surface area contributed by atoms with Crippen molar-refractivity contribution in [2.45, 2.75) is 32.6 Å². The first kappa shape index (κ1) is 17.9. The van der Waals surface area contributed by atoms with Crippen molar-refractivity contribution in [1.82, 2.24) is 10.1 Å². The first-order valence-corrected chi connectivity index (χ1v) is 9.51. The highest BCUT2D eigenvalue weighted by molar-refractivity contribution is 7.92. The Balaban J connectivity index is 1.79. The van der Waals surface area contributed by atoms with Crippen LogP contribution in [0.1, 0.15) is 22.6 Å². The second-order valence-electron chi connectivity index (χ2n) is 6.06. The molecular formula is C18H20N4O3S. The number of benzene rings is 1. The Kier molecular flexibility index (Phi) is 4.69. The number of nitrogens with zero attached hydrogens (tertiary/aromatic N) is 2. The summed E-state index contributed by atoms with van der Waals surface area (Å²) in [6, 6.07) is 9.35. The Morgan fingerprint density at radius 3 is 2.42 bits per heavy atom. The number of anilines is 3. The molecule has 26 heavy (non-hydrogen) atoms. The van der Waals surface area contributed by atoms with Crippen LogP contribution in [0.3, 0.4) is 0 Å². The fourth-order valence-corrected chi connectivity index (χ4v) is 3.99. The zero-order valence-electron chi connectivity index (χ0n) is 15.0. The fourth-order valence-electron chi connectivity index (χ4n) is 2.62. The van der Waals surface area contributed by atoms with Crippen molar-refractivity contribution in [2.75, 3.05) is 10.0 Å². The molecule has 0 saturated heterocycles. The number of hydrogen-bond acceptors (Lipinski definition) is 6. The van der Waals surface area contributed by atoms with Gasteiger partial charge in [0.15, 0.2) is 10.7 Å². The van der Waals surface area contributed by atoms with Gasteiger partial charge in [-0.25, -0.2) is 13.4 Å². The maximum absolute atomic E-state index is 12.5. The number of rotatable bonds is 5. The average Bonchev–Trinajstić information content (AvgIpc) is 2.93. The monoisotopic (exact) mass is 372 g/mol. The molecule has 8 heteroatoms. The molecule has 0 aliphatic heterocycles. The third-order valence-corrected chi connectivity index (χ3v) is 5.74. The second kappa shape index (κ2) is 6.80. The van der Waals surface area contributed by atoms with Gasteiger partial charge in [0.25, 0.3) is 10.0 Å². The Bertz CT molecular complexity index is 1020. The summed E-state index contributed by atoms with van der Waals surface area (Å²) in [4.78, 5) is 4.33. The van der Waals surface area contributed by atoms with Gasteiger partial charge in [0.1, 0.15) is 11.5 Å². The zero-order valence-corrected chi connectivity index (χ0v) is 15.8. The van der Waals surface area contributed by atoms with Gasteiger partial charge in [-0.15, -0.1) is 0 Å². The molecule has 0 fully saturated rings. The largest absolute Gasteiger partial charge is 0.360 e. The van der Waals surface area contributed by atoms with Crippen molar-refractivity contribution in [3.05, 3.63) is 59.1 Å². The van der Waals surface area contributed by atoms with E-state index in [0.717, 1.165) is 11.3 Å². The van der Waals surface area contributed by atoms with E-state index in [1.807, 2.05) is 32.0 Å². The normalized spacial score (nSPS) is 11.4. The minimum Gasteiger partial charge on any atom is -0.360 e. The van der Waals surface area contributed by atoms with E-state index in [-0.39, 0.29) is 10.7 Å². The van der Waals surface area contributed by atoms with Gasteiger partial charge < -0.3 is 9.84 Å². The lowest BCUT2D eigenvalue weighted by Crippen LogP contribution is -2.14. The third-order valence-electron chi connectivity index (χ3n) is 4.12. The number of aryl methyl sites for hydroxylation is 3. The number of pyridine rings is 1. The Labute approximate surface area is 152 Å². The lowest BCUT2D eigenvalue weighted by atomic mass is 10.1. The lowest BCUT2D eigenvalue weighted by Gasteiger charge is -2.12. The molecule has 0 spiro atoms. The zero-order chi connectivity index (χ0) is 18.9. The number of hydrogen-bond donors (Lipinski definition) is 2. The number of nitrogens with one attached hydrogen (secondary N) is 2.